The summed E-state index contributed by atoms with van der Waals surface area (Å²) in [5, 5.41) is 31.5. The lowest BCUT2D eigenvalue weighted by molar-refractivity contribution is -0.301. The molecule has 1 rings (SSSR count). The average molecular weight is 1100 g/mol. The standard InChI is InChI=1S/C67H106O12/c1-4-7-10-13-16-19-22-25-28-29-30-31-34-37-40-43-46-49-52-55-61(70)78-65-63(72)62(71)64(66(73)74)79-67(65)76-57-58(77-60(69)54-51-48-45-42-39-36-33-27-24-21-18-15-12-9-6-3)56-75-59(68)53-50-47-44-41-38-35-32-26-23-20-17-14-11-8-5-2/h8-9,11-12,17-18,20-21,26-27,32-33,38-39,41-42,47-48,50-51,58,62-65,67,71-72H,4-7,10,13-16,19,22-25,28-31,34-37,40,43-46,49,52-57H2,1-3H3,(H,73,74)/b11-8-,12-9-,20-17-,21-18-,32-26-,33-27-,41-38-,42-39-,50-47-,51-48-. The van der Waals surface area contributed by atoms with Crippen molar-refractivity contribution in [3.05, 3.63) is 122 Å². The van der Waals surface area contributed by atoms with Gasteiger partial charge in [0.05, 0.1) is 19.4 Å². The molecule has 0 aliphatic carbocycles. The van der Waals surface area contributed by atoms with Crippen molar-refractivity contribution in [3.8, 4) is 0 Å². The van der Waals surface area contributed by atoms with Crippen LogP contribution in [0.25, 0.3) is 0 Å². The molecule has 12 heteroatoms. The van der Waals surface area contributed by atoms with E-state index in [0.29, 0.717) is 19.3 Å². The Labute approximate surface area is 478 Å². The third-order valence-electron chi connectivity index (χ3n) is 13.1. The number of aliphatic carboxylic acids is 1. The summed E-state index contributed by atoms with van der Waals surface area (Å²) in [6.07, 6.45) is 62.3. The average Bonchev–Trinajstić information content (AvgIpc) is 3.46. The number of unbranched alkanes of at least 4 members (excludes halogenated alkanes) is 18. The van der Waals surface area contributed by atoms with E-state index in [2.05, 4.69) is 99.8 Å². The Morgan fingerprint density at radius 3 is 1.16 bits per heavy atom. The van der Waals surface area contributed by atoms with E-state index in [4.69, 9.17) is 23.7 Å². The minimum atomic E-state index is -1.93. The lowest BCUT2D eigenvalue weighted by Gasteiger charge is -2.40. The number of hydrogen-bond acceptors (Lipinski definition) is 11. The lowest BCUT2D eigenvalue weighted by Crippen LogP contribution is -2.61. The van der Waals surface area contributed by atoms with Crippen LogP contribution in [0.4, 0.5) is 0 Å². The maximum absolute atomic E-state index is 13.1. The van der Waals surface area contributed by atoms with Crippen LogP contribution in [0.1, 0.15) is 226 Å². The molecule has 3 N–H and O–H groups in total. The van der Waals surface area contributed by atoms with Crippen LogP contribution in [0.3, 0.4) is 0 Å². The topological polar surface area (TPSA) is 175 Å². The molecular weight excluding hydrogens is 997 g/mol. The Hall–Kier alpha value is -4.88. The fourth-order valence-electron chi connectivity index (χ4n) is 8.52. The van der Waals surface area contributed by atoms with E-state index >= 15 is 0 Å². The number of ether oxygens (including phenoxy) is 5. The minimum Gasteiger partial charge on any atom is -0.479 e. The van der Waals surface area contributed by atoms with Crippen LogP contribution < -0.4 is 0 Å². The maximum Gasteiger partial charge on any atom is 0.335 e. The van der Waals surface area contributed by atoms with Crippen molar-refractivity contribution in [2.75, 3.05) is 13.2 Å². The minimum absolute atomic E-state index is 0.0388. The summed E-state index contributed by atoms with van der Waals surface area (Å²) in [6.45, 7) is 5.60. The number of allylic oxidation sites excluding steroid dienone is 18. The van der Waals surface area contributed by atoms with Gasteiger partial charge in [0.25, 0.3) is 0 Å². The fourth-order valence-corrected chi connectivity index (χ4v) is 8.52. The summed E-state index contributed by atoms with van der Waals surface area (Å²) < 4.78 is 28.2. The van der Waals surface area contributed by atoms with E-state index in [1.165, 1.54) is 89.9 Å². The van der Waals surface area contributed by atoms with Crippen LogP contribution in [0, 0.1) is 0 Å². The van der Waals surface area contributed by atoms with Crippen LogP contribution in [0.2, 0.25) is 0 Å². The van der Waals surface area contributed by atoms with Gasteiger partial charge < -0.3 is 39.0 Å². The summed E-state index contributed by atoms with van der Waals surface area (Å²) in [5.74, 6) is -3.46. The Kier molecular flexibility index (Phi) is 49.1. The zero-order valence-corrected chi connectivity index (χ0v) is 49.1. The van der Waals surface area contributed by atoms with Gasteiger partial charge in [-0.2, -0.15) is 0 Å². The van der Waals surface area contributed by atoms with E-state index in [1.54, 1.807) is 12.2 Å². The number of aliphatic hydroxyl groups is 2. The molecule has 0 radical (unpaired) electrons. The van der Waals surface area contributed by atoms with Gasteiger partial charge in [-0.25, -0.2) is 4.79 Å². The van der Waals surface area contributed by atoms with Crippen molar-refractivity contribution >= 4 is 23.9 Å². The van der Waals surface area contributed by atoms with Gasteiger partial charge in [0.1, 0.15) is 18.8 Å². The maximum atomic E-state index is 13.1. The monoisotopic (exact) mass is 1100 g/mol. The molecule has 79 heavy (non-hydrogen) atoms. The van der Waals surface area contributed by atoms with Crippen molar-refractivity contribution in [3.63, 3.8) is 0 Å². The predicted octanol–water partition coefficient (Wildman–Crippen LogP) is 16.0. The SMILES string of the molecule is CC/C=C\C/C=C\C/C=C\C/C=C\C/C=C\CC(=O)OCC(COC1OC(C(=O)O)C(O)C(O)C1OC(=O)CCCCCCCCCCCCCCCCCCCCC)OC(=O)C/C=C\C/C=C\C/C=C\C/C=C\C/C=C\CC. The molecule has 0 aromatic rings. The molecule has 0 aromatic carbocycles. The van der Waals surface area contributed by atoms with Crippen molar-refractivity contribution < 1.29 is 58.2 Å². The number of carbonyl (C=O) groups excluding carboxylic acids is 3. The first-order valence-corrected chi connectivity index (χ1v) is 30.5. The van der Waals surface area contributed by atoms with E-state index in [9.17, 15) is 34.5 Å². The second kappa shape index (κ2) is 53.7. The van der Waals surface area contributed by atoms with Gasteiger partial charge in [0, 0.05) is 6.42 Å². The number of carbonyl (C=O) groups is 4. The number of hydrogen-bond donors (Lipinski definition) is 3. The molecule has 0 spiro atoms. The normalized spacial score (nSPS) is 18.7. The number of esters is 3. The van der Waals surface area contributed by atoms with Crippen LogP contribution in [0.5, 0.6) is 0 Å². The summed E-state index contributed by atoms with van der Waals surface area (Å²) in [4.78, 5) is 51.1. The summed E-state index contributed by atoms with van der Waals surface area (Å²) >= 11 is 0. The van der Waals surface area contributed by atoms with Gasteiger partial charge in [0.2, 0.25) is 0 Å². The van der Waals surface area contributed by atoms with Gasteiger partial charge in [-0.3, -0.25) is 14.4 Å². The highest BCUT2D eigenvalue weighted by Crippen LogP contribution is 2.26. The third-order valence-corrected chi connectivity index (χ3v) is 13.1. The van der Waals surface area contributed by atoms with Crippen molar-refractivity contribution in [2.24, 2.45) is 0 Å². The first-order valence-electron chi connectivity index (χ1n) is 30.5. The largest absolute Gasteiger partial charge is 0.479 e. The zero-order valence-electron chi connectivity index (χ0n) is 49.1. The number of carboxylic acids is 1. The number of rotatable bonds is 50. The highest BCUT2D eigenvalue weighted by atomic mass is 16.7. The fraction of sp³-hybridized carbons (Fsp3) is 0.642. The van der Waals surface area contributed by atoms with E-state index in [-0.39, 0.29) is 19.3 Å². The Bertz CT molecular complexity index is 1840. The number of aliphatic hydroxyl groups excluding tert-OH is 2. The summed E-state index contributed by atoms with van der Waals surface area (Å²) in [5.41, 5.74) is 0. The summed E-state index contributed by atoms with van der Waals surface area (Å²) in [6, 6.07) is 0. The molecule has 446 valence electrons. The van der Waals surface area contributed by atoms with Gasteiger partial charge >= 0.3 is 23.9 Å². The molecule has 1 heterocycles. The first kappa shape index (κ1) is 72.1. The highest BCUT2D eigenvalue weighted by molar-refractivity contribution is 5.74. The Morgan fingerprint density at radius 1 is 0.430 bits per heavy atom. The number of carboxylic acid groups (broad SMARTS) is 1. The van der Waals surface area contributed by atoms with Gasteiger partial charge in [-0.15, -0.1) is 0 Å². The molecule has 0 amide bonds. The second-order valence-electron chi connectivity index (χ2n) is 20.3. The lowest BCUT2D eigenvalue weighted by atomic mass is 9.98. The van der Waals surface area contributed by atoms with Gasteiger partial charge in [0.15, 0.2) is 24.6 Å². The highest BCUT2D eigenvalue weighted by Gasteiger charge is 2.50. The van der Waals surface area contributed by atoms with Crippen LogP contribution in [0.15, 0.2) is 122 Å². The third kappa shape index (κ3) is 43.6. The molecule has 0 saturated carbocycles. The van der Waals surface area contributed by atoms with Crippen LogP contribution in [-0.4, -0.2) is 89.2 Å². The summed E-state index contributed by atoms with van der Waals surface area (Å²) in [7, 11) is 0. The Morgan fingerprint density at radius 2 is 0.785 bits per heavy atom. The van der Waals surface area contributed by atoms with Gasteiger partial charge in [-0.05, 0) is 70.6 Å². The molecule has 1 saturated heterocycles. The van der Waals surface area contributed by atoms with Crippen molar-refractivity contribution in [2.45, 2.75) is 263 Å². The van der Waals surface area contributed by atoms with E-state index < -0.39 is 73.9 Å². The smallest absolute Gasteiger partial charge is 0.335 e. The quantitative estimate of drug-likeness (QED) is 0.0228. The molecule has 1 aliphatic heterocycles. The van der Waals surface area contributed by atoms with E-state index in [0.717, 1.165) is 77.0 Å². The second-order valence-corrected chi connectivity index (χ2v) is 20.3. The zero-order chi connectivity index (χ0) is 57.5. The van der Waals surface area contributed by atoms with Crippen LogP contribution >= 0.6 is 0 Å². The molecular formula is C67H106O12. The predicted molar refractivity (Wildman–Crippen MR) is 321 cm³/mol. The Balaban J connectivity index is 2.76. The van der Waals surface area contributed by atoms with Gasteiger partial charge in [-0.1, -0.05) is 258 Å². The van der Waals surface area contributed by atoms with Crippen molar-refractivity contribution in [1.82, 2.24) is 0 Å². The molecule has 0 aromatic heterocycles. The van der Waals surface area contributed by atoms with E-state index in [1.807, 2.05) is 30.4 Å². The van der Waals surface area contributed by atoms with Crippen LogP contribution in [-0.2, 0) is 42.9 Å². The molecule has 12 nitrogen and oxygen atoms in total. The molecule has 1 aliphatic rings. The molecule has 1 fully saturated rings. The molecule has 0 bridgehead atoms. The van der Waals surface area contributed by atoms with Crippen molar-refractivity contribution in [1.29, 1.82) is 0 Å². The first-order chi connectivity index (χ1) is 38.6. The molecule has 6 atom stereocenters. The molecule has 6 unspecified atom stereocenters.